The number of aromatic nitrogens is 2. The van der Waals surface area contributed by atoms with Crippen LogP contribution in [-0.2, 0) is 10.8 Å². The van der Waals surface area contributed by atoms with Crippen LogP contribution in [0.5, 0.6) is 5.75 Å². The molecule has 0 aliphatic heterocycles. The van der Waals surface area contributed by atoms with Gasteiger partial charge in [0.2, 0.25) is 0 Å². The highest BCUT2D eigenvalue weighted by Gasteiger charge is 2.25. The summed E-state index contributed by atoms with van der Waals surface area (Å²) in [5.41, 5.74) is 10.4. The van der Waals surface area contributed by atoms with Crippen molar-refractivity contribution in [1.82, 2.24) is 9.97 Å². The minimum atomic E-state index is -0.286. The van der Waals surface area contributed by atoms with E-state index in [0.717, 1.165) is 45.1 Å². The van der Waals surface area contributed by atoms with Crippen molar-refractivity contribution in [2.75, 3.05) is 4.90 Å². The topological polar surface area (TPSA) is 49.3 Å². The van der Waals surface area contributed by atoms with Crippen molar-refractivity contribution in [2.45, 2.75) is 45.4 Å². The number of pyridine rings is 2. The highest BCUT2D eigenvalue weighted by atomic mass is 16.3. The molecular weight excluding hydrogens is 623 g/mol. The molecule has 0 aliphatic carbocycles. The Morgan fingerprint density at radius 3 is 1.80 bits per heavy atom. The van der Waals surface area contributed by atoms with Crippen molar-refractivity contribution in [2.24, 2.45) is 0 Å². The molecule has 0 fully saturated rings. The predicted molar refractivity (Wildman–Crippen MR) is 212 cm³/mol. The second-order valence-corrected chi connectivity index (χ2v) is 14.6. The van der Waals surface area contributed by atoms with E-state index in [2.05, 4.69) is 149 Å². The summed E-state index contributed by atoms with van der Waals surface area (Å²) in [5.74, 6) is 1.02. The highest BCUT2D eigenvalue weighted by Crippen LogP contribution is 2.42. The third kappa shape index (κ3) is 7.04. The normalized spacial score (nSPS) is 11.7. The van der Waals surface area contributed by atoms with Gasteiger partial charge in [0.05, 0.1) is 11.4 Å². The molecule has 51 heavy (non-hydrogen) atoms. The van der Waals surface area contributed by atoms with Gasteiger partial charge in [0, 0.05) is 34.1 Å². The molecule has 0 unspecified atom stereocenters. The quantitative estimate of drug-likeness (QED) is 0.175. The van der Waals surface area contributed by atoms with Gasteiger partial charge in [0.1, 0.15) is 11.6 Å². The molecule has 0 bridgehead atoms. The Hall–Kier alpha value is -6.00. The van der Waals surface area contributed by atoms with Gasteiger partial charge in [-0.05, 0) is 100.0 Å². The minimum absolute atomic E-state index is 0.146. The second-order valence-electron chi connectivity index (χ2n) is 14.6. The second kappa shape index (κ2) is 13.7. The predicted octanol–water partition coefficient (Wildman–Crippen LogP) is 12.3. The van der Waals surface area contributed by atoms with Crippen LogP contribution in [0.2, 0.25) is 0 Å². The third-order valence-electron chi connectivity index (χ3n) is 9.65. The van der Waals surface area contributed by atoms with Crippen molar-refractivity contribution in [1.29, 1.82) is 0 Å². The van der Waals surface area contributed by atoms with Gasteiger partial charge >= 0.3 is 0 Å². The Bertz CT molecular complexity index is 2220. The number of aromatic hydroxyl groups is 1. The van der Waals surface area contributed by atoms with Gasteiger partial charge < -0.3 is 5.11 Å². The first-order chi connectivity index (χ1) is 24.6. The molecule has 0 spiro atoms. The van der Waals surface area contributed by atoms with E-state index in [1.807, 2.05) is 48.7 Å². The number of para-hydroxylation sites is 1. The number of anilines is 3. The SMILES string of the molecule is CC(C)(C)c1cc(-c2cc(-c3ccccc3)cc(-c3cc(C(C)(C)c4ccccc4)ccc3O)n2)cc(N(c2ccccc2)c2ccccn2)c1. The molecule has 2 heterocycles. The van der Waals surface area contributed by atoms with Gasteiger partial charge in [-0.1, -0.05) is 126 Å². The standard InChI is InChI=1S/C47H43N3O/c1-46(2,3)38-27-35(28-40(31-38)50(39-21-13-8-14-22-39)45-23-15-16-26-48-45)42-29-34(33-17-9-6-10-18-33)30-43(49-42)41-32-37(24-25-44(41)51)47(4,5)36-19-11-7-12-20-36/h6-32,51H,1-5H3. The number of phenolic OH excluding ortho intramolecular Hbond substituents is 1. The Labute approximate surface area is 301 Å². The van der Waals surface area contributed by atoms with Crippen LogP contribution < -0.4 is 4.90 Å². The number of nitrogens with zero attached hydrogens (tertiary/aromatic N) is 3. The zero-order chi connectivity index (χ0) is 35.6. The first-order valence-corrected chi connectivity index (χ1v) is 17.5. The lowest BCUT2D eigenvalue weighted by atomic mass is 9.77. The van der Waals surface area contributed by atoms with Crippen LogP contribution in [0.1, 0.15) is 51.3 Å². The van der Waals surface area contributed by atoms with Crippen molar-refractivity contribution < 1.29 is 5.11 Å². The number of hydrogen-bond donors (Lipinski definition) is 1. The first kappa shape index (κ1) is 33.5. The van der Waals surface area contributed by atoms with E-state index >= 15 is 0 Å². The summed E-state index contributed by atoms with van der Waals surface area (Å²) in [6, 6.07) is 54.1. The molecule has 0 saturated carbocycles. The van der Waals surface area contributed by atoms with Crippen molar-refractivity contribution in [3.8, 4) is 39.4 Å². The molecule has 0 amide bonds. The van der Waals surface area contributed by atoms with Crippen LogP contribution in [0.3, 0.4) is 0 Å². The molecule has 252 valence electrons. The molecule has 0 radical (unpaired) electrons. The monoisotopic (exact) mass is 665 g/mol. The van der Waals surface area contributed by atoms with Crippen LogP contribution in [0.15, 0.2) is 164 Å². The maximum Gasteiger partial charge on any atom is 0.137 e. The molecular formula is C47H43N3O. The van der Waals surface area contributed by atoms with Crippen LogP contribution in [0.4, 0.5) is 17.2 Å². The molecule has 5 aromatic carbocycles. The fourth-order valence-electron chi connectivity index (χ4n) is 6.56. The summed E-state index contributed by atoms with van der Waals surface area (Å²) in [4.78, 5) is 12.3. The molecule has 7 aromatic rings. The van der Waals surface area contributed by atoms with E-state index in [1.165, 1.54) is 11.1 Å². The lowest BCUT2D eigenvalue weighted by molar-refractivity contribution is 0.476. The lowest BCUT2D eigenvalue weighted by Gasteiger charge is -2.28. The Kier molecular flexibility index (Phi) is 9.01. The zero-order valence-electron chi connectivity index (χ0n) is 29.9. The summed E-state index contributed by atoms with van der Waals surface area (Å²) in [6.45, 7) is 11.1. The van der Waals surface area contributed by atoms with Crippen molar-refractivity contribution >= 4 is 17.2 Å². The first-order valence-electron chi connectivity index (χ1n) is 17.5. The summed E-state index contributed by atoms with van der Waals surface area (Å²) in [5, 5.41) is 11.4. The highest BCUT2D eigenvalue weighted by molar-refractivity contribution is 5.82. The van der Waals surface area contributed by atoms with Gasteiger partial charge in [-0.25, -0.2) is 9.97 Å². The molecule has 7 rings (SSSR count). The Balaban J connectivity index is 1.45. The van der Waals surface area contributed by atoms with E-state index in [-0.39, 0.29) is 16.6 Å². The average molecular weight is 666 g/mol. The molecule has 2 aromatic heterocycles. The number of hydrogen-bond acceptors (Lipinski definition) is 4. The van der Waals surface area contributed by atoms with Crippen LogP contribution in [0.25, 0.3) is 33.6 Å². The van der Waals surface area contributed by atoms with Crippen LogP contribution in [0, 0.1) is 0 Å². The number of phenols is 1. The number of rotatable bonds is 8. The molecule has 1 N–H and O–H groups in total. The van der Waals surface area contributed by atoms with Crippen molar-refractivity contribution in [3.05, 3.63) is 181 Å². The maximum atomic E-state index is 11.4. The van der Waals surface area contributed by atoms with E-state index in [1.54, 1.807) is 6.07 Å². The van der Waals surface area contributed by atoms with Gasteiger partial charge in [-0.2, -0.15) is 0 Å². The summed E-state index contributed by atoms with van der Waals surface area (Å²) in [6.07, 6.45) is 1.83. The van der Waals surface area contributed by atoms with E-state index in [9.17, 15) is 5.11 Å². The Morgan fingerprint density at radius 1 is 0.490 bits per heavy atom. The van der Waals surface area contributed by atoms with Gasteiger partial charge in [0.15, 0.2) is 0 Å². The molecule has 0 aliphatic rings. The van der Waals surface area contributed by atoms with E-state index < -0.39 is 0 Å². The maximum absolute atomic E-state index is 11.4. The zero-order valence-corrected chi connectivity index (χ0v) is 29.9. The molecule has 4 heteroatoms. The Morgan fingerprint density at radius 2 is 1.14 bits per heavy atom. The summed E-state index contributed by atoms with van der Waals surface area (Å²) in [7, 11) is 0. The molecule has 0 atom stereocenters. The average Bonchev–Trinajstić information content (AvgIpc) is 3.16. The summed E-state index contributed by atoms with van der Waals surface area (Å²) < 4.78 is 0. The summed E-state index contributed by atoms with van der Waals surface area (Å²) >= 11 is 0. The smallest absolute Gasteiger partial charge is 0.137 e. The van der Waals surface area contributed by atoms with E-state index in [0.29, 0.717) is 11.3 Å². The number of benzene rings is 5. The fraction of sp³-hybridized carbons (Fsp3) is 0.149. The molecule has 4 nitrogen and oxygen atoms in total. The third-order valence-corrected chi connectivity index (χ3v) is 9.65. The lowest BCUT2D eigenvalue weighted by Crippen LogP contribution is -2.18. The van der Waals surface area contributed by atoms with Crippen LogP contribution >= 0.6 is 0 Å². The largest absolute Gasteiger partial charge is 0.507 e. The van der Waals surface area contributed by atoms with Crippen molar-refractivity contribution in [3.63, 3.8) is 0 Å². The van der Waals surface area contributed by atoms with Gasteiger partial charge in [-0.15, -0.1) is 0 Å². The van der Waals surface area contributed by atoms with Crippen LogP contribution in [-0.4, -0.2) is 15.1 Å². The van der Waals surface area contributed by atoms with Gasteiger partial charge in [-0.3, -0.25) is 4.90 Å². The molecule has 0 saturated heterocycles. The van der Waals surface area contributed by atoms with E-state index in [4.69, 9.17) is 9.97 Å². The van der Waals surface area contributed by atoms with Gasteiger partial charge in [0.25, 0.3) is 0 Å². The minimum Gasteiger partial charge on any atom is -0.507 e. The fourth-order valence-corrected chi connectivity index (χ4v) is 6.56.